The van der Waals surface area contributed by atoms with Crippen molar-refractivity contribution in [2.45, 2.75) is 11.1 Å². The van der Waals surface area contributed by atoms with Crippen LogP contribution in [0, 0.1) is 0 Å². The van der Waals surface area contributed by atoms with Gasteiger partial charge in [-0.05, 0) is 60.7 Å². The van der Waals surface area contributed by atoms with Gasteiger partial charge in [-0.3, -0.25) is 9.10 Å². The second-order valence-electron chi connectivity index (χ2n) is 6.42. The van der Waals surface area contributed by atoms with Crippen molar-refractivity contribution in [3.63, 3.8) is 0 Å². The highest BCUT2D eigenvalue weighted by molar-refractivity contribution is 9.10. The number of amides is 1. The van der Waals surface area contributed by atoms with Crippen molar-refractivity contribution < 1.29 is 26.4 Å². The average Bonchev–Trinajstić information content (AvgIpc) is 2.73. The number of sulfonamides is 1. The lowest BCUT2D eigenvalue weighted by Crippen LogP contribution is -2.38. The molecule has 0 aliphatic rings. The van der Waals surface area contributed by atoms with Crippen molar-refractivity contribution in [3.05, 3.63) is 88.9 Å². The molecule has 3 aromatic carbocycles. The number of halogens is 4. The van der Waals surface area contributed by atoms with E-state index >= 15 is 0 Å². The Kier molecular flexibility index (Phi) is 6.71. The van der Waals surface area contributed by atoms with Crippen LogP contribution in [0.15, 0.2) is 88.2 Å². The SMILES string of the molecule is O=C(CN(c1ccc(Br)cc1)S(=O)(=O)c1ccccc1)Nc1ccc(C(F)(F)F)cc1. The normalized spacial score (nSPS) is 11.7. The van der Waals surface area contributed by atoms with Gasteiger partial charge in [-0.1, -0.05) is 34.1 Å². The fraction of sp³-hybridized carbons (Fsp3) is 0.0952. The van der Waals surface area contributed by atoms with Gasteiger partial charge in [0.1, 0.15) is 6.54 Å². The zero-order valence-electron chi connectivity index (χ0n) is 15.8. The van der Waals surface area contributed by atoms with Crippen molar-refractivity contribution in [2.24, 2.45) is 0 Å². The average molecular weight is 513 g/mol. The highest BCUT2D eigenvalue weighted by Crippen LogP contribution is 2.30. The molecule has 0 saturated heterocycles. The lowest BCUT2D eigenvalue weighted by atomic mass is 10.2. The zero-order chi connectivity index (χ0) is 22.6. The Morgan fingerprint density at radius 1 is 0.903 bits per heavy atom. The van der Waals surface area contributed by atoms with Crippen LogP contribution in [0.25, 0.3) is 0 Å². The van der Waals surface area contributed by atoms with Crippen LogP contribution in [-0.4, -0.2) is 20.9 Å². The van der Waals surface area contributed by atoms with Gasteiger partial charge in [-0.2, -0.15) is 13.2 Å². The second kappa shape index (κ2) is 9.11. The predicted molar refractivity (Wildman–Crippen MR) is 115 cm³/mol. The molecular formula is C21H16BrF3N2O3S. The van der Waals surface area contributed by atoms with Gasteiger partial charge in [-0.15, -0.1) is 0 Å². The Labute approximate surface area is 185 Å². The van der Waals surface area contributed by atoms with E-state index in [0.717, 1.165) is 33.0 Å². The summed E-state index contributed by atoms with van der Waals surface area (Å²) >= 11 is 3.28. The fourth-order valence-electron chi connectivity index (χ4n) is 2.72. The molecule has 31 heavy (non-hydrogen) atoms. The maximum atomic E-state index is 13.2. The number of rotatable bonds is 6. The Morgan fingerprint density at radius 2 is 1.48 bits per heavy atom. The van der Waals surface area contributed by atoms with E-state index in [1.807, 2.05) is 0 Å². The summed E-state index contributed by atoms with van der Waals surface area (Å²) in [5, 5.41) is 2.43. The third-order valence-corrected chi connectivity index (χ3v) is 6.55. The number of anilines is 2. The Balaban J connectivity index is 1.86. The first-order valence-electron chi connectivity index (χ1n) is 8.88. The van der Waals surface area contributed by atoms with E-state index in [1.54, 1.807) is 30.3 Å². The van der Waals surface area contributed by atoms with Crippen molar-refractivity contribution in [1.29, 1.82) is 0 Å². The van der Waals surface area contributed by atoms with Crippen molar-refractivity contribution in [2.75, 3.05) is 16.2 Å². The number of nitrogens with one attached hydrogen (secondary N) is 1. The number of benzene rings is 3. The second-order valence-corrected chi connectivity index (χ2v) is 9.20. The minimum Gasteiger partial charge on any atom is -0.325 e. The van der Waals surface area contributed by atoms with Crippen molar-refractivity contribution in [1.82, 2.24) is 0 Å². The molecule has 5 nitrogen and oxygen atoms in total. The minimum absolute atomic E-state index is 0.000230. The van der Waals surface area contributed by atoms with E-state index in [4.69, 9.17) is 0 Å². The summed E-state index contributed by atoms with van der Waals surface area (Å²) < 4.78 is 66.1. The van der Waals surface area contributed by atoms with Crippen LogP contribution in [-0.2, 0) is 21.0 Å². The van der Waals surface area contributed by atoms with Crippen LogP contribution in [0.2, 0.25) is 0 Å². The summed E-state index contributed by atoms with van der Waals surface area (Å²) in [6, 6.07) is 17.9. The molecule has 0 atom stereocenters. The van der Waals surface area contributed by atoms with Gasteiger partial charge < -0.3 is 5.32 Å². The summed E-state index contributed by atoms with van der Waals surface area (Å²) in [7, 11) is -4.07. The van der Waals surface area contributed by atoms with E-state index in [1.165, 1.54) is 24.3 Å². The summed E-state index contributed by atoms with van der Waals surface area (Å²) in [5.41, 5.74) is -0.478. The van der Waals surface area contributed by atoms with Gasteiger partial charge in [0.25, 0.3) is 10.0 Å². The molecule has 1 amide bonds. The molecule has 0 spiro atoms. The Hall–Kier alpha value is -2.85. The number of nitrogens with zero attached hydrogens (tertiary/aromatic N) is 1. The number of alkyl halides is 3. The lowest BCUT2D eigenvalue weighted by Gasteiger charge is -2.24. The summed E-state index contributed by atoms with van der Waals surface area (Å²) in [6.07, 6.45) is -4.50. The summed E-state index contributed by atoms with van der Waals surface area (Å²) in [5.74, 6) is -0.706. The fourth-order valence-corrected chi connectivity index (χ4v) is 4.42. The topological polar surface area (TPSA) is 66.5 Å². The zero-order valence-corrected chi connectivity index (χ0v) is 18.2. The third kappa shape index (κ3) is 5.65. The van der Waals surface area contributed by atoms with Crippen molar-refractivity contribution in [3.8, 4) is 0 Å². The molecule has 3 aromatic rings. The van der Waals surface area contributed by atoms with Crippen LogP contribution >= 0.6 is 15.9 Å². The Morgan fingerprint density at radius 3 is 2.03 bits per heavy atom. The summed E-state index contributed by atoms with van der Waals surface area (Å²) in [4.78, 5) is 12.6. The number of carbonyl (C=O) groups excluding carboxylic acids is 1. The first-order chi connectivity index (χ1) is 14.6. The first kappa shape index (κ1) is 22.8. The molecule has 0 unspecified atom stereocenters. The van der Waals surface area contributed by atoms with Crippen LogP contribution in [0.1, 0.15) is 5.56 Å². The van der Waals surface area contributed by atoms with Gasteiger partial charge in [0.05, 0.1) is 16.1 Å². The first-order valence-corrected chi connectivity index (χ1v) is 11.1. The largest absolute Gasteiger partial charge is 0.416 e. The molecule has 0 aliphatic carbocycles. The van der Waals surface area contributed by atoms with Gasteiger partial charge in [-0.25, -0.2) is 8.42 Å². The number of carbonyl (C=O) groups is 1. The predicted octanol–water partition coefficient (Wildman–Crippen LogP) is 5.30. The van der Waals surface area contributed by atoms with Crippen molar-refractivity contribution >= 4 is 43.2 Å². The molecule has 10 heteroatoms. The molecule has 3 rings (SSSR count). The van der Waals surface area contributed by atoms with E-state index in [0.29, 0.717) is 0 Å². The summed E-state index contributed by atoms with van der Waals surface area (Å²) in [6.45, 7) is -0.570. The molecule has 0 aliphatic heterocycles. The smallest absolute Gasteiger partial charge is 0.325 e. The maximum Gasteiger partial charge on any atom is 0.416 e. The van der Waals surface area contributed by atoms with E-state index in [9.17, 15) is 26.4 Å². The standard InChI is InChI=1S/C21H16BrF3N2O3S/c22-16-8-12-18(13-9-16)27(31(29,30)19-4-2-1-3-5-19)14-20(28)26-17-10-6-15(7-11-17)21(23,24)25/h1-13H,14H2,(H,26,28). The lowest BCUT2D eigenvalue weighted by molar-refractivity contribution is -0.137. The quantitative estimate of drug-likeness (QED) is 0.487. The van der Waals surface area contributed by atoms with Gasteiger partial charge in [0.15, 0.2) is 0 Å². The minimum atomic E-state index is -4.50. The molecule has 0 bridgehead atoms. The van der Waals surface area contributed by atoms with E-state index in [2.05, 4.69) is 21.2 Å². The highest BCUT2D eigenvalue weighted by Gasteiger charge is 2.30. The highest BCUT2D eigenvalue weighted by atomic mass is 79.9. The molecule has 0 radical (unpaired) electrons. The molecule has 0 heterocycles. The molecule has 162 valence electrons. The van der Waals surface area contributed by atoms with E-state index < -0.39 is 34.2 Å². The molecular weight excluding hydrogens is 497 g/mol. The van der Waals surface area contributed by atoms with Crippen LogP contribution in [0.3, 0.4) is 0 Å². The van der Waals surface area contributed by atoms with Gasteiger partial charge >= 0.3 is 6.18 Å². The van der Waals surface area contributed by atoms with Gasteiger partial charge in [0.2, 0.25) is 5.91 Å². The maximum absolute atomic E-state index is 13.2. The molecule has 0 fully saturated rings. The monoisotopic (exact) mass is 512 g/mol. The molecule has 1 N–H and O–H groups in total. The van der Waals surface area contributed by atoms with E-state index in [-0.39, 0.29) is 16.3 Å². The number of hydrogen-bond donors (Lipinski definition) is 1. The third-order valence-electron chi connectivity index (χ3n) is 4.23. The number of hydrogen-bond acceptors (Lipinski definition) is 3. The molecule has 0 saturated carbocycles. The van der Waals surface area contributed by atoms with Crippen LogP contribution in [0.4, 0.5) is 24.5 Å². The van der Waals surface area contributed by atoms with Crippen LogP contribution < -0.4 is 9.62 Å². The van der Waals surface area contributed by atoms with Crippen LogP contribution in [0.5, 0.6) is 0 Å². The van der Waals surface area contributed by atoms with Gasteiger partial charge in [0, 0.05) is 10.2 Å². The molecule has 0 aromatic heterocycles. The Bertz CT molecular complexity index is 1150.